The lowest BCUT2D eigenvalue weighted by molar-refractivity contribution is 0.0496. The first-order valence-electron chi connectivity index (χ1n) is 8.18. The van der Waals surface area contributed by atoms with Gasteiger partial charge in [0.2, 0.25) is 0 Å². The predicted octanol–water partition coefficient (Wildman–Crippen LogP) is 3.02. The molecule has 7 nitrogen and oxygen atoms in total. The van der Waals surface area contributed by atoms with Crippen molar-refractivity contribution in [2.45, 2.75) is 45.3 Å². The van der Waals surface area contributed by atoms with Gasteiger partial charge in [-0.1, -0.05) is 11.6 Å². The molecule has 0 bridgehead atoms. The van der Waals surface area contributed by atoms with E-state index in [1.54, 1.807) is 6.07 Å². The van der Waals surface area contributed by atoms with Crippen molar-refractivity contribution in [3.63, 3.8) is 0 Å². The summed E-state index contributed by atoms with van der Waals surface area (Å²) in [6.45, 7) is 6.83. The van der Waals surface area contributed by atoms with E-state index in [1.807, 2.05) is 25.7 Å². The van der Waals surface area contributed by atoms with Crippen LogP contribution < -0.4 is 10.2 Å². The summed E-state index contributed by atoms with van der Waals surface area (Å²) in [5.74, 6) is -0.451. The maximum Gasteiger partial charge on any atom is 0.407 e. The van der Waals surface area contributed by atoms with Crippen molar-refractivity contribution in [3.05, 3.63) is 23.0 Å². The molecule has 0 aromatic carbocycles. The molecule has 1 aliphatic heterocycles. The number of anilines is 1. The zero-order valence-electron chi connectivity index (χ0n) is 15.0. The molecule has 0 spiro atoms. The van der Waals surface area contributed by atoms with E-state index in [4.69, 9.17) is 21.1 Å². The summed E-state index contributed by atoms with van der Waals surface area (Å²) in [6, 6.07) is 1.69. The fourth-order valence-electron chi connectivity index (χ4n) is 2.69. The number of nitrogens with one attached hydrogen (secondary N) is 1. The van der Waals surface area contributed by atoms with Crippen LogP contribution in [0.4, 0.5) is 10.5 Å². The second-order valence-corrected chi connectivity index (χ2v) is 7.31. The Hall–Kier alpha value is -2.02. The van der Waals surface area contributed by atoms with E-state index in [9.17, 15) is 9.59 Å². The van der Waals surface area contributed by atoms with Crippen molar-refractivity contribution in [3.8, 4) is 0 Å². The number of pyridine rings is 1. The van der Waals surface area contributed by atoms with Crippen LogP contribution in [0, 0.1) is 0 Å². The first-order valence-corrected chi connectivity index (χ1v) is 8.55. The smallest absolute Gasteiger partial charge is 0.407 e. The number of halogens is 1. The molecule has 1 aliphatic rings. The maximum absolute atomic E-state index is 11.9. The number of rotatable bonds is 3. The van der Waals surface area contributed by atoms with Crippen molar-refractivity contribution in [2.24, 2.45) is 0 Å². The lowest BCUT2D eigenvalue weighted by atomic mass is 10.0. The van der Waals surface area contributed by atoms with Crippen LogP contribution in [0.1, 0.15) is 44.0 Å². The average Bonchev–Trinajstić information content (AvgIpc) is 2.53. The van der Waals surface area contributed by atoms with Gasteiger partial charge >= 0.3 is 12.1 Å². The maximum atomic E-state index is 11.9. The number of carbonyl (C=O) groups is 2. The van der Waals surface area contributed by atoms with Crippen LogP contribution in [-0.4, -0.2) is 48.9 Å². The van der Waals surface area contributed by atoms with Gasteiger partial charge in [0.25, 0.3) is 0 Å². The minimum Gasteiger partial charge on any atom is -0.465 e. The summed E-state index contributed by atoms with van der Waals surface area (Å²) in [6.07, 6.45) is 2.49. The third-order valence-corrected chi connectivity index (χ3v) is 4.02. The van der Waals surface area contributed by atoms with E-state index in [-0.39, 0.29) is 6.04 Å². The highest BCUT2D eigenvalue weighted by atomic mass is 35.5. The SMILES string of the molecule is COC(=O)c1cnc(Cl)cc1N1CCC(NC(=O)OC(C)(C)C)CC1. The van der Waals surface area contributed by atoms with Gasteiger partial charge in [0, 0.05) is 25.3 Å². The van der Waals surface area contributed by atoms with Crippen LogP contribution in [-0.2, 0) is 9.47 Å². The van der Waals surface area contributed by atoms with Crippen molar-refractivity contribution >= 4 is 29.4 Å². The predicted molar refractivity (Wildman–Crippen MR) is 95.2 cm³/mol. The zero-order valence-corrected chi connectivity index (χ0v) is 15.7. The van der Waals surface area contributed by atoms with Crippen LogP contribution in [0.25, 0.3) is 0 Å². The van der Waals surface area contributed by atoms with Gasteiger partial charge in [0.15, 0.2) is 0 Å². The number of ether oxygens (including phenoxy) is 2. The molecule has 0 aliphatic carbocycles. The molecule has 0 atom stereocenters. The fourth-order valence-corrected chi connectivity index (χ4v) is 2.84. The van der Waals surface area contributed by atoms with E-state index >= 15 is 0 Å². The molecule has 2 rings (SSSR count). The molecular formula is C17H24ClN3O4. The molecule has 25 heavy (non-hydrogen) atoms. The highest BCUT2D eigenvalue weighted by molar-refractivity contribution is 6.29. The lowest BCUT2D eigenvalue weighted by Crippen LogP contribution is -2.46. The molecule has 1 N–H and O–H groups in total. The Kier molecular flexibility index (Phi) is 6.11. The third kappa shape index (κ3) is 5.49. The molecule has 0 saturated carbocycles. The van der Waals surface area contributed by atoms with Gasteiger partial charge in [-0.3, -0.25) is 0 Å². The molecule has 8 heteroatoms. The summed E-state index contributed by atoms with van der Waals surface area (Å²) in [5.41, 5.74) is 0.557. The fraction of sp³-hybridized carbons (Fsp3) is 0.588. The number of hydrogen-bond donors (Lipinski definition) is 1. The van der Waals surface area contributed by atoms with Crippen LogP contribution >= 0.6 is 11.6 Å². The molecule has 1 amide bonds. The molecule has 1 saturated heterocycles. The molecule has 1 aromatic rings. The zero-order chi connectivity index (χ0) is 18.6. The number of hydrogen-bond acceptors (Lipinski definition) is 6. The number of methoxy groups -OCH3 is 1. The third-order valence-electron chi connectivity index (χ3n) is 3.81. The summed E-state index contributed by atoms with van der Waals surface area (Å²) in [4.78, 5) is 29.8. The normalized spacial score (nSPS) is 15.6. The summed E-state index contributed by atoms with van der Waals surface area (Å²) >= 11 is 5.98. The van der Waals surface area contributed by atoms with Gasteiger partial charge < -0.3 is 19.7 Å². The van der Waals surface area contributed by atoms with Gasteiger partial charge in [-0.15, -0.1) is 0 Å². The molecule has 0 radical (unpaired) electrons. The van der Waals surface area contributed by atoms with E-state index in [1.165, 1.54) is 13.3 Å². The summed E-state index contributed by atoms with van der Waals surface area (Å²) < 4.78 is 10.1. The highest BCUT2D eigenvalue weighted by Gasteiger charge is 2.26. The van der Waals surface area contributed by atoms with E-state index in [2.05, 4.69) is 10.3 Å². The average molecular weight is 370 g/mol. The van der Waals surface area contributed by atoms with Crippen LogP contribution in [0.5, 0.6) is 0 Å². The van der Waals surface area contributed by atoms with E-state index < -0.39 is 17.7 Å². The Morgan fingerprint density at radius 3 is 2.52 bits per heavy atom. The Morgan fingerprint density at radius 1 is 1.32 bits per heavy atom. The van der Waals surface area contributed by atoms with Crippen molar-refractivity contribution < 1.29 is 19.1 Å². The lowest BCUT2D eigenvalue weighted by Gasteiger charge is -2.35. The highest BCUT2D eigenvalue weighted by Crippen LogP contribution is 2.27. The Bertz CT molecular complexity index is 637. The minimum absolute atomic E-state index is 0.0324. The molecule has 1 aromatic heterocycles. The standard InChI is InChI=1S/C17H24ClN3O4/c1-17(2,3)25-16(23)20-11-5-7-21(8-6-11)13-9-14(18)19-10-12(13)15(22)24-4/h9-11H,5-8H2,1-4H3,(H,20,23). The first-order chi connectivity index (χ1) is 11.7. The van der Waals surface area contributed by atoms with E-state index in [0.717, 1.165) is 12.8 Å². The van der Waals surface area contributed by atoms with Crippen LogP contribution in [0.15, 0.2) is 12.3 Å². The number of nitrogens with zero attached hydrogens (tertiary/aromatic N) is 2. The van der Waals surface area contributed by atoms with Gasteiger partial charge in [-0.05, 0) is 39.7 Å². The summed E-state index contributed by atoms with van der Waals surface area (Å²) in [7, 11) is 1.33. The van der Waals surface area contributed by atoms with Crippen molar-refractivity contribution in [1.29, 1.82) is 0 Å². The molecular weight excluding hydrogens is 346 g/mol. The molecule has 2 heterocycles. The summed E-state index contributed by atoms with van der Waals surface area (Å²) in [5, 5.41) is 3.21. The van der Waals surface area contributed by atoms with Gasteiger partial charge in [-0.2, -0.15) is 0 Å². The number of carbonyl (C=O) groups excluding carboxylic acids is 2. The largest absolute Gasteiger partial charge is 0.465 e. The quantitative estimate of drug-likeness (QED) is 0.651. The van der Waals surface area contributed by atoms with Crippen LogP contribution in [0.3, 0.4) is 0 Å². The monoisotopic (exact) mass is 369 g/mol. The van der Waals surface area contributed by atoms with Crippen LogP contribution in [0.2, 0.25) is 5.15 Å². The molecule has 138 valence electrons. The second-order valence-electron chi connectivity index (χ2n) is 6.92. The van der Waals surface area contributed by atoms with Crippen molar-refractivity contribution in [2.75, 3.05) is 25.1 Å². The number of piperidine rings is 1. The Balaban J connectivity index is 2.00. The minimum atomic E-state index is -0.520. The number of alkyl carbamates (subject to hydrolysis) is 1. The Labute approximate surface area is 152 Å². The molecule has 0 unspecified atom stereocenters. The van der Waals surface area contributed by atoms with Gasteiger partial charge in [-0.25, -0.2) is 14.6 Å². The molecule has 1 fully saturated rings. The number of esters is 1. The van der Waals surface area contributed by atoms with Gasteiger partial charge in [0.1, 0.15) is 16.3 Å². The number of aromatic nitrogens is 1. The second kappa shape index (κ2) is 7.91. The van der Waals surface area contributed by atoms with Crippen molar-refractivity contribution in [1.82, 2.24) is 10.3 Å². The van der Waals surface area contributed by atoms with Gasteiger partial charge in [0.05, 0.1) is 12.8 Å². The first kappa shape index (κ1) is 19.3. The number of amides is 1. The van der Waals surface area contributed by atoms with E-state index in [0.29, 0.717) is 29.5 Å². The Morgan fingerprint density at radius 2 is 1.96 bits per heavy atom. The topological polar surface area (TPSA) is 80.8 Å².